The molecular formula is C37H45FN4O5. The molecule has 1 fully saturated rings. The van der Waals surface area contributed by atoms with E-state index in [-0.39, 0.29) is 17.5 Å². The molecule has 6 bridgehead atoms. The molecule has 7 rings (SSSR count). The number of aromatic nitrogens is 3. The molecule has 0 radical (unpaired) electrons. The molecule has 1 saturated heterocycles. The summed E-state index contributed by atoms with van der Waals surface area (Å²) in [6, 6.07) is 12.9. The predicted octanol–water partition coefficient (Wildman–Crippen LogP) is 7.70. The maximum absolute atomic E-state index is 15.0. The third-order valence-corrected chi connectivity index (χ3v) is 9.22. The number of halogens is 1. The van der Waals surface area contributed by atoms with Crippen LogP contribution in [0.1, 0.15) is 83.2 Å². The summed E-state index contributed by atoms with van der Waals surface area (Å²) >= 11 is 0. The lowest BCUT2D eigenvalue weighted by atomic mass is 9.92. The Hall–Kier alpha value is -4.02. The zero-order valence-electron chi connectivity index (χ0n) is 28.4. The van der Waals surface area contributed by atoms with Gasteiger partial charge < -0.3 is 24.2 Å². The maximum Gasteiger partial charge on any atom is 0.337 e. The van der Waals surface area contributed by atoms with Gasteiger partial charge in [-0.25, -0.2) is 14.2 Å². The van der Waals surface area contributed by atoms with Crippen LogP contribution < -0.4 is 9.64 Å². The van der Waals surface area contributed by atoms with Crippen molar-refractivity contribution in [2.75, 3.05) is 24.6 Å². The Morgan fingerprint density at radius 2 is 1.85 bits per heavy atom. The molecule has 250 valence electrons. The van der Waals surface area contributed by atoms with Crippen LogP contribution in [0.25, 0.3) is 28.0 Å². The number of carboxylic acid groups (broad SMARTS) is 1. The molecular weight excluding hydrogens is 599 g/mol. The number of piperidine rings is 1. The Kier molecular flexibility index (Phi) is 8.78. The first-order chi connectivity index (χ1) is 22.2. The second kappa shape index (κ2) is 12.5. The number of carbonyl (C=O) groups is 1. The van der Waals surface area contributed by atoms with E-state index in [0.29, 0.717) is 65.0 Å². The minimum Gasteiger partial charge on any atom is -0.490 e. The van der Waals surface area contributed by atoms with Crippen LogP contribution in [-0.2, 0) is 14.3 Å². The van der Waals surface area contributed by atoms with Crippen molar-refractivity contribution in [1.82, 2.24) is 14.6 Å². The third kappa shape index (κ3) is 6.71. The molecule has 1 N–H and O–H groups in total. The van der Waals surface area contributed by atoms with Gasteiger partial charge in [-0.2, -0.15) is 9.61 Å². The van der Waals surface area contributed by atoms with Crippen LogP contribution >= 0.6 is 0 Å². The average Bonchev–Trinajstić information content (AvgIpc) is 3.43. The molecule has 9 nitrogen and oxygen atoms in total. The molecule has 10 heteroatoms. The molecule has 47 heavy (non-hydrogen) atoms. The summed E-state index contributed by atoms with van der Waals surface area (Å²) in [5, 5.41) is 15.5. The number of aryl methyl sites for hydroxylation is 1. The van der Waals surface area contributed by atoms with Gasteiger partial charge in [0, 0.05) is 42.6 Å². The lowest BCUT2D eigenvalue weighted by molar-refractivity contribution is -0.160. The minimum atomic E-state index is -1.25. The highest BCUT2D eigenvalue weighted by Crippen LogP contribution is 2.40. The van der Waals surface area contributed by atoms with Gasteiger partial charge in [-0.05, 0) is 103 Å². The number of carboxylic acids is 1. The van der Waals surface area contributed by atoms with Crippen LogP contribution in [0.3, 0.4) is 0 Å². The Labute approximate surface area is 275 Å². The normalized spacial score (nSPS) is 21.1. The maximum atomic E-state index is 15.0. The Morgan fingerprint density at radius 3 is 2.55 bits per heavy atom. The zero-order chi connectivity index (χ0) is 33.7. The highest BCUT2D eigenvalue weighted by atomic mass is 19.1. The smallest absolute Gasteiger partial charge is 0.337 e. The topological polar surface area (TPSA) is 98.4 Å². The molecule has 2 aromatic heterocycles. The van der Waals surface area contributed by atoms with Gasteiger partial charge >= 0.3 is 5.97 Å². The van der Waals surface area contributed by atoms with E-state index in [2.05, 4.69) is 11.8 Å². The predicted molar refractivity (Wildman–Crippen MR) is 180 cm³/mol. The quantitative estimate of drug-likeness (QED) is 0.242. The number of benzene rings is 2. The minimum absolute atomic E-state index is 0.0945. The molecule has 3 aliphatic heterocycles. The first-order valence-electron chi connectivity index (χ1n) is 16.5. The molecule has 0 saturated carbocycles. The van der Waals surface area contributed by atoms with E-state index in [1.807, 2.05) is 65.0 Å². The van der Waals surface area contributed by atoms with E-state index in [1.165, 1.54) is 6.07 Å². The van der Waals surface area contributed by atoms with E-state index < -0.39 is 17.7 Å². The number of aliphatic carboxylic acids is 1. The van der Waals surface area contributed by atoms with Gasteiger partial charge in [0.15, 0.2) is 11.8 Å². The summed E-state index contributed by atoms with van der Waals surface area (Å²) in [5.41, 5.74) is 4.12. The van der Waals surface area contributed by atoms with Crippen molar-refractivity contribution in [2.24, 2.45) is 0 Å². The number of rotatable bonds is 3. The van der Waals surface area contributed by atoms with E-state index >= 15 is 0 Å². The summed E-state index contributed by atoms with van der Waals surface area (Å²) in [6.07, 6.45) is 1.78. The van der Waals surface area contributed by atoms with Crippen molar-refractivity contribution < 1.29 is 28.5 Å². The van der Waals surface area contributed by atoms with Crippen molar-refractivity contribution in [3.8, 4) is 28.1 Å². The van der Waals surface area contributed by atoms with Crippen molar-refractivity contribution >= 4 is 17.4 Å². The van der Waals surface area contributed by atoms with Gasteiger partial charge in [-0.3, -0.25) is 0 Å². The molecule has 0 aliphatic carbocycles. The number of anilines is 1. The number of nitrogens with zero attached hydrogens (tertiary/aromatic N) is 4. The fourth-order valence-electron chi connectivity index (χ4n) is 6.71. The summed E-state index contributed by atoms with van der Waals surface area (Å²) in [5.74, 6) is -0.0931. The highest BCUT2D eigenvalue weighted by molar-refractivity contribution is 5.80. The van der Waals surface area contributed by atoms with E-state index in [9.17, 15) is 14.3 Å². The van der Waals surface area contributed by atoms with Crippen molar-refractivity contribution in [3.05, 3.63) is 65.1 Å². The molecule has 2 aromatic carbocycles. The second-order valence-corrected chi connectivity index (χ2v) is 14.2. The summed E-state index contributed by atoms with van der Waals surface area (Å²) in [4.78, 5) is 19.9. The fourth-order valence-corrected chi connectivity index (χ4v) is 6.71. The first kappa shape index (κ1) is 32.9. The van der Waals surface area contributed by atoms with E-state index in [4.69, 9.17) is 24.3 Å². The molecule has 0 unspecified atom stereocenters. The number of hydrogen-bond acceptors (Lipinski definition) is 7. The van der Waals surface area contributed by atoms with Gasteiger partial charge in [0.2, 0.25) is 0 Å². The Morgan fingerprint density at radius 1 is 1.13 bits per heavy atom. The van der Waals surface area contributed by atoms with Gasteiger partial charge in [-0.15, -0.1) is 0 Å². The van der Waals surface area contributed by atoms with Gasteiger partial charge in [0.25, 0.3) is 0 Å². The van der Waals surface area contributed by atoms with Gasteiger partial charge in [0.1, 0.15) is 17.4 Å². The molecule has 2 atom stereocenters. The van der Waals surface area contributed by atoms with Crippen LogP contribution in [0.4, 0.5) is 10.2 Å². The SMILES string of the molecule is Cc1nc2cc3nn2c(c1[C@H](OC(C)(C)C)C(=O)O)N1CCC(C)(CC1)OCCC[C@H](C)Oc1ccc(F)c(C)c1-c1cccc-3c1. The lowest BCUT2D eigenvalue weighted by Crippen LogP contribution is -2.46. The standard InChI is InChI=1S/C37H45FN4O5/c1-22-10-9-19-45-37(7)15-17-41(18-16-37)34-32(33(35(43)44)47-36(4,5)6)24(3)39-30-21-28(40-42(30)34)25-11-8-12-26(20-25)31-23(2)27(38)13-14-29(31)46-22/h8,11-14,20-22,33H,9-10,15-19H2,1-7H3,(H,43,44)/t22-,33-/m0/s1. The van der Waals surface area contributed by atoms with Crippen LogP contribution in [0, 0.1) is 19.7 Å². The second-order valence-electron chi connectivity index (χ2n) is 14.2. The monoisotopic (exact) mass is 644 g/mol. The summed E-state index contributed by atoms with van der Waals surface area (Å²) in [7, 11) is 0. The highest BCUT2D eigenvalue weighted by Gasteiger charge is 2.38. The van der Waals surface area contributed by atoms with E-state index in [0.717, 1.165) is 36.8 Å². The zero-order valence-corrected chi connectivity index (χ0v) is 28.4. The largest absolute Gasteiger partial charge is 0.490 e. The molecule has 3 aliphatic rings. The number of hydrogen-bond donors (Lipinski definition) is 1. The Balaban J connectivity index is 1.57. The third-order valence-electron chi connectivity index (χ3n) is 9.22. The van der Waals surface area contributed by atoms with Crippen molar-refractivity contribution in [1.29, 1.82) is 0 Å². The van der Waals surface area contributed by atoms with Crippen LogP contribution in [-0.4, -0.2) is 62.7 Å². The lowest BCUT2D eigenvalue weighted by Gasteiger charge is -2.41. The van der Waals surface area contributed by atoms with Crippen molar-refractivity contribution in [2.45, 2.75) is 97.6 Å². The van der Waals surface area contributed by atoms with Gasteiger partial charge in [0.05, 0.1) is 28.6 Å². The van der Waals surface area contributed by atoms with Crippen LogP contribution in [0.2, 0.25) is 0 Å². The summed E-state index contributed by atoms with van der Waals surface area (Å²) in [6.45, 7) is 15.2. The first-order valence-corrected chi connectivity index (χ1v) is 16.5. The summed E-state index contributed by atoms with van der Waals surface area (Å²) < 4.78 is 35.8. The molecule has 0 amide bonds. The molecule has 0 spiro atoms. The van der Waals surface area contributed by atoms with Gasteiger partial charge in [-0.1, -0.05) is 18.2 Å². The van der Waals surface area contributed by atoms with Crippen LogP contribution in [0.5, 0.6) is 5.75 Å². The fraction of sp³-hybridized carbons (Fsp3) is 0.486. The molecule has 5 heterocycles. The number of ether oxygens (including phenoxy) is 3. The van der Waals surface area contributed by atoms with E-state index in [1.54, 1.807) is 17.5 Å². The molecule has 4 aromatic rings. The number of fused-ring (bicyclic) bond motifs is 7. The van der Waals surface area contributed by atoms with Crippen LogP contribution in [0.15, 0.2) is 42.5 Å². The average molecular weight is 645 g/mol. The van der Waals surface area contributed by atoms with Crippen molar-refractivity contribution in [3.63, 3.8) is 0 Å². The Bertz CT molecular complexity index is 1800.